The molecule has 0 aromatic heterocycles. The molecule has 274 valence electrons. The second-order valence-corrected chi connectivity index (χ2v) is 18.7. The molecule has 7 fully saturated rings. The van der Waals surface area contributed by atoms with Gasteiger partial charge in [0.25, 0.3) is 0 Å². The number of carbonyl (C=O) groups excluding carboxylic acids is 1. The van der Waals surface area contributed by atoms with E-state index in [4.69, 9.17) is 18.9 Å². The molecule has 0 unspecified atom stereocenters. The summed E-state index contributed by atoms with van der Waals surface area (Å²) in [6.45, 7) is 13.3. The molecular formula is C37H60O11. The van der Waals surface area contributed by atoms with Crippen LogP contribution < -0.4 is 0 Å². The fourth-order valence-electron chi connectivity index (χ4n) is 13.8. The Morgan fingerprint density at radius 2 is 1.60 bits per heavy atom. The number of fused-ring (bicyclic) bond motifs is 2. The van der Waals surface area contributed by atoms with Gasteiger partial charge in [-0.3, -0.25) is 4.79 Å². The van der Waals surface area contributed by atoms with Crippen LogP contribution in [0.3, 0.4) is 0 Å². The number of aliphatic hydroxyl groups excluding tert-OH is 5. The minimum Gasteiger partial charge on any atom is -0.462 e. The highest BCUT2D eigenvalue weighted by Gasteiger charge is 2.86. The molecule has 0 amide bonds. The minimum absolute atomic E-state index is 0.0125. The van der Waals surface area contributed by atoms with Crippen LogP contribution in [0.1, 0.15) is 106 Å². The first kappa shape index (κ1) is 35.5. The fourth-order valence-corrected chi connectivity index (χ4v) is 13.8. The van der Waals surface area contributed by atoms with Gasteiger partial charge in [0.1, 0.15) is 24.4 Å². The lowest BCUT2D eigenvalue weighted by atomic mass is 9.40. The summed E-state index contributed by atoms with van der Waals surface area (Å²) in [5.41, 5.74) is -3.80. The third-order valence-corrected chi connectivity index (χ3v) is 15.8. The first-order chi connectivity index (χ1) is 22.2. The van der Waals surface area contributed by atoms with Gasteiger partial charge in [-0.25, -0.2) is 0 Å². The molecule has 0 aromatic carbocycles. The van der Waals surface area contributed by atoms with E-state index >= 15 is 0 Å². The van der Waals surface area contributed by atoms with E-state index in [1.165, 1.54) is 6.92 Å². The van der Waals surface area contributed by atoms with Gasteiger partial charge >= 0.3 is 5.97 Å². The minimum atomic E-state index is -1.34. The first-order valence-electron chi connectivity index (χ1n) is 18.4. The zero-order valence-electron chi connectivity index (χ0n) is 29.9. The summed E-state index contributed by atoms with van der Waals surface area (Å²) in [4.78, 5) is 12.6. The molecule has 2 spiro atoms. The maximum Gasteiger partial charge on any atom is 0.302 e. The van der Waals surface area contributed by atoms with Crippen molar-refractivity contribution < 1.29 is 54.4 Å². The maximum absolute atomic E-state index is 12.6. The van der Waals surface area contributed by atoms with Gasteiger partial charge in [0.2, 0.25) is 0 Å². The van der Waals surface area contributed by atoms with E-state index < -0.39 is 70.9 Å². The molecule has 6 N–H and O–H groups in total. The molecule has 2 aliphatic heterocycles. The van der Waals surface area contributed by atoms with E-state index in [1.807, 2.05) is 6.92 Å². The molecule has 5 saturated carbocycles. The Hall–Kier alpha value is -0.890. The number of ether oxygens (including phenoxy) is 4. The SMILES string of the molecule is CC(=O)O[C@H]1C[C@@]2(C)[C@@H]3CC[C@H]4C(C)(C)[C@@H](O[C@@H]5OC[C@@H](O)[C@H](O)[C@H]5O)CC[C@@]45C[C@@]35C[C@H](O)[C@]2(CO)[C@H]1[C@@]1(C)CC[C@H](C(C)(C)O)O1. The van der Waals surface area contributed by atoms with Crippen molar-refractivity contribution >= 4 is 5.97 Å². The topological polar surface area (TPSA) is 175 Å². The summed E-state index contributed by atoms with van der Waals surface area (Å²) < 4.78 is 24.9. The average Bonchev–Trinajstić information content (AvgIpc) is 3.29. The lowest BCUT2D eigenvalue weighted by molar-refractivity contribution is -0.304. The van der Waals surface area contributed by atoms with Crippen LogP contribution in [0.15, 0.2) is 0 Å². The molecule has 2 saturated heterocycles. The molecule has 16 atom stereocenters. The molecule has 0 aromatic rings. The third kappa shape index (κ3) is 4.54. The van der Waals surface area contributed by atoms with Gasteiger partial charge in [0, 0.05) is 18.3 Å². The van der Waals surface area contributed by atoms with Gasteiger partial charge in [-0.05, 0) is 112 Å². The number of carbonyl (C=O) groups is 1. The van der Waals surface area contributed by atoms with Crippen molar-refractivity contribution in [3.8, 4) is 0 Å². The third-order valence-electron chi connectivity index (χ3n) is 15.8. The van der Waals surface area contributed by atoms with Gasteiger partial charge in [-0.2, -0.15) is 0 Å². The van der Waals surface area contributed by atoms with E-state index in [1.54, 1.807) is 13.8 Å². The smallest absolute Gasteiger partial charge is 0.302 e. The number of rotatable bonds is 6. The molecule has 48 heavy (non-hydrogen) atoms. The van der Waals surface area contributed by atoms with Crippen molar-refractivity contribution in [1.82, 2.24) is 0 Å². The van der Waals surface area contributed by atoms with Gasteiger partial charge in [-0.1, -0.05) is 20.8 Å². The lowest BCUT2D eigenvalue weighted by Gasteiger charge is -2.65. The van der Waals surface area contributed by atoms with E-state index in [-0.39, 0.29) is 47.4 Å². The highest BCUT2D eigenvalue weighted by atomic mass is 16.7. The number of hydrogen-bond acceptors (Lipinski definition) is 11. The van der Waals surface area contributed by atoms with Crippen molar-refractivity contribution in [2.75, 3.05) is 13.2 Å². The Morgan fingerprint density at radius 1 is 0.917 bits per heavy atom. The summed E-state index contributed by atoms with van der Waals surface area (Å²) in [5, 5.41) is 65.9. The van der Waals surface area contributed by atoms with Crippen molar-refractivity contribution in [2.45, 2.75) is 166 Å². The van der Waals surface area contributed by atoms with E-state index in [0.29, 0.717) is 31.6 Å². The lowest BCUT2D eigenvalue weighted by Crippen LogP contribution is -2.66. The fraction of sp³-hybridized carbons (Fsp3) is 0.973. The quantitative estimate of drug-likeness (QED) is 0.180. The number of esters is 1. The Kier molecular flexibility index (Phi) is 8.18. The molecular weight excluding hydrogens is 620 g/mol. The molecule has 0 bridgehead atoms. The first-order valence-corrected chi connectivity index (χ1v) is 18.4. The Bertz CT molecular complexity index is 1280. The second kappa shape index (κ2) is 11.1. The van der Waals surface area contributed by atoms with E-state index in [0.717, 1.165) is 32.1 Å². The van der Waals surface area contributed by atoms with Crippen LogP contribution in [0.4, 0.5) is 0 Å². The Morgan fingerprint density at radius 3 is 2.23 bits per heavy atom. The number of aliphatic hydroxyl groups is 6. The predicted octanol–water partition coefficient (Wildman–Crippen LogP) is 2.44. The largest absolute Gasteiger partial charge is 0.462 e. The number of hydrogen-bond donors (Lipinski definition) is 6. The van der Waals surface area contributed by atoms with Gasteiger partial charge < -0.3 is 49.6 Å². The summed E-state index contributed by atoms with van der Waals surface area (Å²) in [7, 11) is 0. The van der Waals surface area contributed by atoms with E-state index in [2.05, 4.69) is 20.8 Å². The summed E-state index contributed by atoms with van der Waals surface area (Å²) in [5.74, 6) is -0.347. The summed E-state index contributed by atoms with van der Waals surface area (Å²) >= 11 is 0. The van der Waals surface area contributed by atoms with Crippen LogP contribution in [0.5, 0.6) is 0 Å². The molecule has 0 radical (unpaired) electrons. The zero-order chi connectivity index (χ0) is 35.0. The van der Waals surface area contributed by atoms with Crippen molar-refractivity contribution in [1.29, 1.82) is 0 Å². The Balaban J connectivity index is 1.21. The van der Waals surface area contributed by atoms with Crippen molar-refractivity contribution in [3.63, 3.8) is 0 Å². The monoisotopic (exact) mass is 680 g/mol. The van der Waals surface area contributed by atoms with Crippen molar-refractivity contribution in [3.05, 3.63) is 0 Å². The molecule has 11 nitrogen and oxygen atoms in total. The van der Waals surface area contributed by atoms with Gasteiger partial charge in [-0.15, -0.1) is 0 Å². The van der Waals surface area contributed by atoms with E-state index in [9.17, 15) is 35.4 Å². The summed E-state index contributed by atoms with van der Waals surface area (Å²) in [6, 6.07) is 0. The molecule has 2 heterocycles. The van der Waals surface area contributed by atoms with Crippen LogP contribution >= 0.6 is 0 Å². The molecule has 11 heteroatoms. The standard InChI is InChI=1S/C37H60O11/c1-19(39)46-21-14-33(6)23-9-8-22-31(2,3)25(47-30-28(43)27(42)20(40)16-45-30)11-13-35(22)17-36(23,35)15-24(41)37(33,18-38)29(21)34(7)12-10-26(48-34)32(4,5)44/h20-30,38,40-44H,8-18H2,1-7H3/t20-,21+,22+,23+,24+,25+,26-,27+,28-,29-,30+,33+,34-,35-,36+,37-/m1/s1. The highest BCUT2D eigenvalue weighted by Crippen LogP contribution is 2.89. The molecule has 7 aliphatic rings. The van der Waals surface area contributed by atoms with Crippen molar-refractivity contribution in [2.24, 2.45) is 44.8 Å². The van der Waals surface area contributed by atoms with Crippen LogP contribution in [0.2, 0.25) is 0 Å². The molecule has 7 rings (SSSR count). The molecule has 5 aliphatic carbocycles. The average molecular weight is 681 g/mol. The highest BCUT2D eigenvalue weighted by molar-refractivity contribution is 5.66. The van der Waals surface area contributed by atoms with Crippen LogP contribution in [-0.2, 0) is 23.7 Å². The Labute approximate surface area is 284 Å². The van der Waals surface area contributed by atoms with Crippen LogP contribution in [0.25, 0.3) is 0 Å². The zero-order valence-corrected chi connectivity index (χ0v) is 29.9. The second-order valence-electron chi connectivity index (χ2n) is 18.7. The van der Waals surface area contributed by atoms with Crippen LogP contribution in [-0.4, -0.2) is 110 Å². The summed E-state index contributed by atoms with van der Waals surface area (Å²) in [6.07, 6.45) is -0.0227. The van der Waals surface area contributed by atoms with Gasteiger partial charge in [0.05, 0.1) is 42.7 Å². The predicted molar refractivity (Wildman–Crippen MR) is 172 cm³/mol. The maximum atomic E-state index is 12.6. The van der Waals surface area contributed by atoms with Crippen LogP contribution in [0, 0.1) is 44.8 Å². The van der Waals surface area contributed by atoms with Gasteiger partial charge in [0.15, 0.2) is 6.29 Å². The normalized spacial score (nSPS) is 55.6.